The quantitative estimate of drug-likeness (QED) is 0.389. The summed E-state index contributed by atoms with van der Waals surface area (Å²) in [5, 5.41) is 22.4. The minimum atomic E-state index is -0.588. The summed E-state index contributed by atoms with van der Waals surface area (Å²) in [7, 11) is 0. The van der Waals surface area contributed by atoms with Crippen molar-refractivity contribution >= 4 is 5.71 Å². The number of hydrogen-bond donors (Lipinski definition) is 2. The Morgan fingerprint density at radius 3 is 1.73 bits per heavy atom. The second-order valence-corrected chi connectivity index (χ2v) is 4.06. The lowest BCUT2D eigenvalue weighted by molar-refractivity contribution is 0.151. The second kappa shape index (κ2) is 7.69. The number of oxime groups is 1. The third-order valence-electron chi connectivity index (χ3n) is 3.32. The van der Waals surface area contributed by atoms with Crippen LogP contribution in [0.15, 0.2) is 5.16 Å². The topological polar surface area (TPSA) is 52.8 Å². The molecule has 0 aromatic carbocycles. The number of nitrogens with zero attached hydrogens (tertiary/aromatic N) is 1. The number of rotatable bonds is 7. The van der Waals surface area contributed by atoms with E-state index in [0.29, 0.717) is 5.71 Å². The van der Waals surface area contributed by atoms with E-state index in [1.54, 1.807) is 0 Å². The van der Waals surface area contributed by atoms with Gasteiger partial charge in [-0.05, 0) is 18.8 Å². The van der Waals surface area contributed by atoms with Gasteiger partial charge in [-0.15, -0.1) is 0 Å². The lowest BCUT2D eigenvalue weighted by Gasteiger charge is -2.25. The molecular weight excluding hydrogens is 190 g/mol. The van der Waals surface area contributed by atoms with Gasteiger partial charge in [-0.1, -0.05) is 45.7 Å². The van der Waals surface area contributed by atoms with Gasteiger partial charge in [-0.25, -0.2) is 0 Å². The van der Waals surface area contributed by atoms with Crippen molar-refractivity contribution in [1.29, 1.82) is 0 Å². The molecule has 0 aliphatic carbocycles. The molecule has 0 aromatic rings. The molecule has 0 aliphatic rings. The summed E-state index contributed by atoms with van der Waals surface area (Å²) < 4.78 is 0. The molecule has 1 atom stereocenters. The SMILES string of the molecule is CCC(CC)C(=NO)C(O)C(CC)CC. The summed E-state index contributed by atoms with van der Waals surface area (Å²) in [5.74, 6) is 0.405. The summed E-state index contributed by atoms with van der Waals surface area (Å²) >= 11 is 0. The van der Waals surface area contributed by atoms with E-state index in [2.05, 4.69) is 32.9 Å². The van der Waals surface area contributed by atoms with E-state index in [9.17, 15) is 5.11 Å². The molecule has 2 N–H and O–H groups in total. The third kappa shape index (κ3) is 3.82. The molecule has 1 unspecified atom stereocenters. The minimum Gasteiger partial charge on any atom is -0.411 e. The highest BCUT2D eigenvalue weighted by molar-refractivity contribution is 5.90. The zero-order valence-corrected chi connectivity index (χ0v) is 10.4. The number of hydrogen-bond acceptors (Lipinski definition) is 3. The summed E-state index contributed by atoms with van der Waals surface area (Å²) in [6, 6.07) is 0. The minimum absolute atomic E-state index is 0.200. The van der Waals surface area contributed by atoms with Gasteiger partial charge >= 0.3 is 0 Å². The molecule has 0 rings (SSSR count). The molecule has 0 heterocycles. The Balaban J connectivity index is 4.66. The first-order valence-electron chi connectivity index (χ1n) is 6.05. The van der Waals surface area contributed by atoms with Gasteiger partial charge in [0.1, 0.15) is 0 Å². The monoisotopic (exact) mass is 215 g/mol. The fourth-order valence-corrected chi connectivity index (χ4v) is 2.07. The molecule has 0 bridgehead atoms. The smallest absolute Gasteiger partial charge is 0.0984 e. The summed E-state index contributed by atoms with van der Waals surface area (Å²) in [4.78, 5) is 0. The largest absolute Gasteiger partial charge is 0.411 e. The molecule has 3 heteroatoms. The van der Waals surface area contributed by atoms with Gasteiger partial charge in [0.25, 0.3) is 0 Å². The average Bonchev–Trinajstić information content (AvgIpc) is 2.27. The first-order chi connectivity index (χ1) is 7.15. The van der Waals surface area contributed by atoms with Crippen LogP contribution in [0, 0.1) is 11.8 Å². The molecule has 0 amide bonds. The van der Waals surface area contributed by atoms with E-state index in [4.69, 9.17) is 5.21 Å². The van der Waals surface area contributed by atoms with Gasteiger partial charge in [0, 0.05) is 5.92 Å². The predicted octanol–water partition coefficient (Wildman–Crippen LogP) is 3.05. The molecule has 0 saturated carbocycles. The van der Waals surface area contributed by atoms with Crippen LogP contribution >= 0.6 is 0 Å². The normalized spacial score (nSPS) is 15.0. The zero-order valence-electron chi connectivity index (χ0n) is 10.4. The Morgan fingerprint density at radius 1 is 1.00 bits per heavy atom. The first-order valence-corrected chi connectivity index (χ1v) is 6.05. The standard InChI is InChI=1S/C12H25NO2/c1-5-9(6-2)11(13-15)12(14)10(7-3)8-4/h9-10,12,14-15H,5-8H2,1-4H3. The molecule has 0 radical (unpaired) electrons. The van der Waals surface area contributed by atoms with Crippen molar-refractivity contribution in [3.63, 3.8) is 0 Å². The highest BCUT2D eigenvalue weighted by Crippen LogP contribution is 2.21. The fourth-order valence-electron chi connectivity index (χ4n) is 2.07. The van der Waals surface area contributed by atoms with E-state index in [0.717, 1.165) is 25.7 Å². The van der Waals surface area contributed by atoms with Gasteiger partial charge < -0.3 is 10.3 Å². The molecule has 0 saturated heterocycles. The van der Waals surface area contributed by atoms with E-state index in [-0.39, 0.29) is 11.8 Å². The summed E-state index contributed by atoms with van der Waals surface area (Å²) in [6.45, 7) is 8.22. The summed E-state index contributed by atoms with van der Waals surface area (Å²) in [6.07, 6.45) is 3.06. The van der Waals surface area contributed by atoms with Crippen molar-refractivity contribution in [3.8, 4) is 0 Å². The molecule has 0 spiro atoms. The molecule has 15 heavy (non-hydrogen) atoms. The molecule has 90 valence electrons. The van der Waals surface area contributed by atoms with Crippen LogP contribution in [0.25, 0.3) is 0 Å². The van der Waals surface area contributed by atoms with E-state index < -0.39 is 6.10 Å². The van der Waals surface area contributed by atoms with Crippen LogP contribution in [-0.4, -0.2) is 22.1 Å². The maximum atomic E-state index is 10.1. The van der Waals surface area contributed by atoms with Crippen molar-refractivity contribution in [2.45, 2.75) is 59.5 Å². The molecule has 0 aromatic heterocycles. The van der Waals surface area contributed by atoms with Gasteiger partial charge in [0.2, 0.25) is 0 Å². The van der Waals surface area contributed by atoms with Crippen LogP contribution in [0.3, 0.4) is 0 Å². The van der Waals surface area contributed by atoms with Gasteiger partial charge in [0.15, 0.2) is 0 Å². The highest BCUT2D eigenvalue weighted by Gasteiger charge is 2.26. The van der Waals surface area contributed by atoms with Crippen LogP contribution in [-0.2, 0) is 0 Å². The lowest BCUT2D eigenvalue weighted by atomic mass is 9.85. The maximum absolute atomic E-state index is 10.1. The molecule has 0 fully saturated rings. The van der Waals surface area contributed by atoms with E-state index in [1.165, 1.54) is 0 Å². The van der Waals surface area contributed by atoms with Gasteiger partial charge in [-0.3, -0.25) is 0 Å². The highest BCUT2D eigenvalue weighted by atomic mass is 16.4. The molecule has 3 nitrogen and oxygen atoms in total. The van der Waals surface area contributed by atoms with Gasteiger partial charge in [0.05, 0.1) is 11.8 Å². The van der Waals surface area contributed by atoms with E-state index in [1.807, 2.05) is 0 Å². The van der Waals surface area contributed by atoms with Crippen LogP contribution < -0.4 is 0 Å². The number of aliphatic hydroxyl groups is 1. The van der Waals surface area contributed by atoms with Crippen molar-refractivity contribution in [2.75, 3.05) is 0 Å². The first kappa shape index (κ1) is 14.4. The predicted molar refractivity (Wildman–Crippen MR) is 63.4 cm³/mol. The van der Waals surface area contributed by atoms with Crippen LogP contribution in [0.5, 0.6) is 0 Å². The van der Waals surface area contributed by atoms with Crippen LogP contribution in [0.2, 0.25) is 0 Å². The van der Waals surface area contributed by atoms with Crippen molar-refractivity contribution in [2.24, 2.45) is 17.0 Å². The summed E-state index contributed by atoms with van der Waals surface area (Å²) in [5.41, 5.74) is 0.564. The Labute approximate surface area is 93.2 Å². The Bertz CT molecular complexity index is 184. The number of aliphatic hydroxyl groups excluding tert-OH is 1. The Morgan fingerprint density at radius 2 is 1.47 bits per heavy atom. The zero-order chi connectivity index (χ0) is 11.8. The lowest BCUT2D eigenvalue weighted by Crippen LogP contribution is -2.34. The fraction of sp³-hybridized carbons (Fsp3) is 0.917. The average molecular weight is 215 g/mol. The second-order valence-electron chi connectivity index (χ2n) is 4.06. The molecule has 0 aliphatic heterocycles. The van der Waals surface area contributed by atoms with Crippen molar-refractivity contribution in [1.82, 2.24) is 0 Å². The maximum Gasteiger partial charge on any atom is 0.0984 e. The van der Waals surface area contributed by atoms with Crippen LogP contribution in [0.1, 0.15) is 53.4 Å². The van der Waals surface area contributed by atoms with E-state index >= 15 is 0 Å². The van der Waals surface area contributed by atoms with Crippen molar-refractivity contribution < 1.29 is 10.3 Å². The van der Waals surface area contributed by atoms with Gasteiger partial charge in [-0.2, -0.15) is 0 Å². The van der Waals surface area contributed by atoms with Crippen molar-refractivity contribution in [3.05, 3.63) is 0 Å². The Hall–Kier alpha value is -0.570. The third-order valence-corrected chi connectivity index (χ3v) is 3.32. The van der Waals surface area contributed by atoms with Crippen LogP contribution in [0.4, 0.5) is 0 Å². The molecular formula is C12H25NO2. The Kier molecular flexibility index (Phi) is 7.39.